The van der Waals surface area contributed by atoms with E-state index in [4.69, 9.17) is 4.52 Å². The average molecular weight is 279 g/mol. The van der Waals surface area contributed by atoms with Crippen molar-refractivity contribution in [1.29, 1.82) is 0 Å². The van der Waals surface area contributed by atoms with E-state index in [1.54, 1.807) is 0 Å². The highest BCUT2D eigenvalue weighted by atomic mass is 16.5. The summed E-state index contributed by atoms with van der Waals surface area (Å²) >= 11 is 0. The molecule has 0 aliphatic carbocycles. The number of hydrogen-bond acceptors (Lipinski definition) is 4. The van der Waals surface area contributed by atoms with Crippen molar-refractivity contribution in [3.8, 4) is 0 Å². The van der Waals surface area contributed by atoms with Gasteiger partial charge in [-0.3, -0.25) is 4.90 Å². The minimum absolute atomic E-state index is 0.0497. The normalized spacial score (nSPS) is 18.9. The molecule has 4 heteroatoms. The molecule has 1 aliphatic rings. The van der Waals surface area contributed by atoms with Crippen LogP contribution in [-0.4, -0.2) is 53.7 Å². The van der Waals surface area contributed by atoms with Gasteiger partial charge in [-0.05, 0) is 13.8 Å². The largest absolute Gasteiger partial charge is 0.361 e. The van der Waals surface area contributed by atoms with Crippen molar-refractivity contribution in [2.24, 2.45) is 0 Å². The number of nitrogens with zero attached hydrogens (tertiary/aromatic N) is 3. The van der Waals surface area contributed by atoms with Gasteiger partial charge in [-0.15, -0.1) is 0 Å². The molecule has 0 saturated carbocycles. The molecular formula is C16H29N3O. The molecule has 1 aromatic heterocycles. The van der Waals surface area contributed by atoms with Crippen molar-refractivity contribution in [2.75, 3.05) is 32.7 Å². The van der Waals surface area contributed by atoms with E-state index < -0.39 is 0 Å². The van der Waals surface area contributed by atoms with E-state index in [0.29, 0.717) is 6.04 Å². The molecule has 114 valence electrons. The summed E-state index contributed by atoms with van der Waals surface area (Å²) in [4.78, 5) is 5.08. The first-order valence-electron chi connectivity index (χ1n) is 7.79. The summed E-state index contributed by atoms with van der Waals surface area (Å²) in [5.41, 5.74) is 1.13. The molecule has 1 saturated heterocycles. The van der Waals surface area contributed by atoms with Gasteiger partial charge in [0.2, 0.25) is 0 Å². The predicted octanol–water partition coefficient (Wildman–Crippen LogP) is 2.54. The first kappa shape index (κ1) is 15.5. The third-order valence-corrected chi connectivity index (χ3v) is 4.12. The molecule has 0 amide bonds. The van der Waals surface area contributed by atoms with Crippen LogP contribution in [-0.2, 0) is 11.8 Å². The Bertz CT molecular complexity index is 412. The Labute approximate surface area is 123 Å². The molecule has 0 atom stereocenters. The molecule has 1 fully saturated rings. The van der Waals surface area contributed by atoms with Crippen LogP contribution in [0.3, 0.4) is 0 Å². The van der Waals surface area contributed by atoms with Gasteiger partial charge in [0.1, 0.15) is 5.76 Å². The first-order valence-corrected chi connectivity index (χ1v) is 7.79. The van der Waals surface area contributed by atoms with Crippen molar-refractivity contribution in [1.82, 2.24) is 15.0 Å². The highest BCUT2D eigenvalue weighted by Gasteiger charge is 2.21. The van der Waals surface area contributed by atoms with Gasteiger partial charge in [-0.25, -0.2) is 0 Å². The molecule has 0 bridgehead atoms. The number of rotatable bonds is 4. The number of hydrogen-bond donors (Lipinski definition) is 0. The van der Waals surface area contributed by atoms with Gasteiger partial charge in [-0.1, -0.05) is 25.9 Å². The van der Waals surface area contributed by atoms with Crippen molar-refractivity contribution < 1.29 is 4.52 Å². The Kier molecular flexibility index (Phi) is 4.86. The van der Waals surface area contributed by atoms with Crippen LogP contribution in [0, 0.1) is 0 Å². The summed E-state index contributed by atoms with van der Waals surface area (Å²) in [6, 6.07) is 2.78. The molecule has 20 heavy (non-hydrogen) atoms. The van der Waals surface area contributed by atoms with E-state index in [-0.39, 0.29) is 5.41 Å². The van der Waals surface area contributed by atoms with Crippen LogP contribution in [0.25, 0.3) is 0 Å². The van der Waals surface area contributed by atoms with E-state index in [0.717, 1.165) is 24.4 Å². The van der Waals surface area contributed by atoms with Gasteiger partial charge in [0.25, 0.3) is 0 Å². The molecule has 1 aromatic rings. The first-order chi connectivity index (χ1) is 9.36. The summed E-state index contributed by atoms with van der Waals surface area (Å²) in [7, 11) is 0. The maximum Gasteiger partial charge on any atom is 0.142 e. The molecule has 2 rings (SSSR count). The van der Waals surface area contributed by atoms with Gasteiger partial charge < -0.3 is 9.42 Å². The van der Waals surface area contributed by atoms with E-state index in [9.17, 15) is 0 Å². The molecular weight excluding hydrogens is 250 g/mol. The van der Waals surface area contributed by atoms with Crippen molar-refractivity contribution in [2.45, 2.75) is 52.5 Å². The van der Waals surface area contributed by atoms with Crippen LogP contribution >= 0.6 is 0 Å². The fraction of sp³-hybridized carbons (Fsp3) is 0.812. The summed E-state index contributed by atoms with van der Waals surface area (Å²) in [5.74, 6) is 0.983. The number of piperazine rings is 1. The lowest BCUT2D eigenvalue weighted by Gasteiger charge is -2.36. The fourth-order valence-corrected chi connectivity index (χ4v) is 2.56. The Hall–Kier alpha value is -0.870. The Morgan fingerprint density at radius 2 is 1.85 bits per heavy atom. The summed E-state index contributed by atoms with van der Waals surface area (Å²) < 4.78 is 5.44. The Balaban J connectivity index is 1.78. The quantitative estimate of drug-likeness (QED) is 0.848. The van der Waals surface area contributed by atoms with Gasteiger partial charge in [0.15, 0.2) is 0 Å². The lowest BCUT2D eigenvalue weighted by Crippen LogP contribution is -2.49. The van der Waals surface area contributed by atoms with E-state index in [1.165, 1.54) is 26.2 Å². The van der Waals surface area contributed by atoms with Gasteiger partial charge in [-0.2, -0.15) is 0 Å². The standard InChI is InChI=1S/C16H29N3O/c1-13(2)19-10-8-18(9-11-19)7-6-14-12-15(20-17-14)16(3,4)5/h12-13H,6-11H2,1-5H3. The molecule has 1 aliphatic heterocycles. The second-order valence-corrected chi connectivity index (χ2v) is 7.15. The molecule has 0 radical (unpaired) electrons. The molecule has 0 aromatic carbocycles. The summed E-state index contributed by atoms with van der Waals surface area (Å²) in [5, 5.41) is 4.20. The highest BCUT2D eigenvalue weighted by Crippen LogP contribution is 2.22. The second kappa shape index (κ2) is 6.27. The van der Waals surface area contributed by atoms with E-state index in [2.05, 4.69) is 55.6 Å². The predicted molar refractivity (Wildman–Crippen MR) is 82.1 cm³/mol. The zero-order valence-corrected chi connectivity index (χ0v) is 13.6. The summed E-state index contributed by atoms with van der Waals surface area (Å²) in [6.45, 7) is 16.8. The average Bonchev–Trinajstić information content (AvgIpc) is 2.85. The van der Waals surface area contributed by atoms with Gasteiger partial charge >= 0.3 is 0 Å². The van der Waals surface area contributed by atoms with Gasteiger partial charge in [0, 0.05) is 56.7 Å². The molecule has 0 N–H and O–H groups in total. The van der Waals surface area contributed by atoms with Crippen LogP contribution in [0.2, 0.25) is 0 Å². The summed E-state index contributed by atoms with van der Waals surface area (Å²) in [6.07, 6.45) is 0.987. The highest BCUT2D eigenvalue weighted by molar-refractivity contribution is 5.13. The van der Waals surface area contributed by atoms with E-state index in [1.807, 2.05) is 0 Å². The third kappa shape index (κ3) is 4.06. The van der Waals surface area contributed by atoms with Crippen LogP contribution in [0.15, 0.2) is 10.6 Å². The van der Waals surface area contributed by atoms with Crippen molar-refractivity contribution in [3.63, 3.8) is 0 Å². The maximum absolute atomic E-state index is 5.44. The SMILES string of the molecule is CC(C)N1CCN(CCc2cc(C(C)(C)C)on2)CC1. The fourth-order valence-electron chi connectivity index (χ4n) is 2.56. The smallest absolute Gasteiger partial charge is 0.142 e. The monoisotopic (exact) mass is 279 g/mol. The van der Waals surface area contributed by atoms with Crippen molar-refractivity contribution in [3.05, 3.63) is 17.5 Å². The third-order valence-electron chi connectivity index (χ3n) is 4.12. The van der Waals surface area contributed by atoms with Crippen LogP contribution < -0.4 is 0 Å². The molecule has 0 spiro atoms. The van der Waals surface area contributed by atoms with Gasteiger partial charge in [0.05, 0.1) is 5.69 Å². The molecule has 0 unspecified atom stereocenters. The van der Waals surface area contributed by atoms with E-state index >= 15 is 0 Å². The Morgan fingerprint density at radius 1 is 1.20 bits per heavy atom. The van der Waals surface area contributed by atoms with Crippen LogP contribution in [0.1, 0.15) is 46.1 Å². The zero-order valence-electron chi connectivity index (χ0n) is 13.6. The van der Waals surface area contributed by atoms with Crippen molar-refractivity contribution >= 4 is 0 Å². The zero-order chi connectivity index (χ0) is 14.8. The molecule has 4 nitrogen and oxygen atoms in total. The second-order valence-electron chi connectivity index (χ2n) is 7.15. The Morgan fingerprint density at radius 3 is 2.35 bits per heavy atom. The minimum Gasteiger partial charge on any atom is -0.361 e. The van der Waals surface area contributed by atoms with Crippen LogP contribution in [0.4, 0.5) is 0 Å². The number of aromatic nitrogens is 1. The maximum atomic E-state index is 5.44. The topological polar surface area (TPSA) is 32.5 Å². The minimum atomic E-state index is 0.0497. The lowest BCUT2D eigenvalue weighted by molar-refractivity contribution is 0.109. The van der Waals surface area contributed by atoms with Crippen LogP contribution in [0.5, 0.6) is 0 Å². The molecule has 2 heterocycles. The lowest BCUT2D eigenvalue weighted by atomic mass is 9.93.